The molecule has 1 N–H and O–H groups in total. The number of amides is 1. The Kier molecular flexibility index (Phi) is 5.36. The van der Waals surface area contributed by atoms with E-state index in [0.717, 1.165) is 45.5 Å². The molecule has 7 nitrogen and oxygen atoms in total. The van der Waals surface area contributed by atoms with Crippen molar-refractivity contribution in [2.24, 2.45) is 0 Å². The van der Waals surface area contributed by atoms with Gasteiger partial charge in [0, 0.05) is 32.7 Å². The molecule has 0 aromatic carbocycles. The van der Waals surface area contributed by atoms with E-state index in [4.69, 9.17) is 4.74 Å². The average molecular weight is 305 g/mol. The zero-order valence-corrected chi connectivity index (χ0v) is 12.7. The molecule has 116 valence electrons. The summed E-state index contributed by atoms with van der Waals surface area (Å²) in [6.45, 7) is 5.01. The van der Waals surface area contributed by atoms with Crippen LogP contribution in [0, 0.1) is 0 Å². The van der Waals surface area contributed by atoms with Gasteiger partial charge in [0.25, 0.3) is 0 Å². The van der Waals surface area contributed by atoms with Gasteiger partial charge in [0.05, 0.1) is 19.5 Å². The van der Waals surface area contributed by atoms with E-state index in [1.54, 1.807) is 0 Å². The molecule has 2 saturated heterocycles. The summed E-state index contributed by atoms with van der Waals surface area (Å²) >= 11 is 0. The van der Waals surface area contributed by atoms with E-state index >= 15 is 0 Å². The minimum Gasteiger partial charge on any atom is -0.379 e. The van der Waals surface area contributed by atoms with Gasteiger partial charge in [-0.2, -0.15) is 4.31 Å². The fourth-order valence-corrected chi connectivity index (χ4v) is 3.80. The maximum absolute atomic E-state index is 12.1. The summed E-state index contributed by atoms with van der Waals surface area (Å²) in [7, 11) is -3.30. The zero-order valence-electron chi connectivity index (χ0n) is 11.9. The highest BCUT2D eigenvalue weighted by molar-refractivity contribution is 7.88. The first-order chi connectivity index (χ1) is 9.48. The van der Waals surface area contributed by atoms with Gasteiger partial charge >= 0.3 is 0 Å². The van der Waals surface area contributed by atoms with Gasteiger partial charge in [-0.05, 0) is 12.8 Å². The standard InChI is InChI=1S/C12H23N3O4S/c1-20(17,18)15-5-2-3-11(15)12(16)13-4-6-14-7-9-19-10-8-14/h11H,2-10H2,1H3,(H,13,16). The van der Waals surface area contributed by atoms with Crippen molar-refractivity contribution in [3.8, 4) is 0 Å². The van der Waals surface area contributed by atoms with Crippen molar-refractivity contribution in [3.63, 3.8) is 0 Å². The van der Waals surface area contributed by atoms with Crippen molar-refractivity contribution in [1.29, 1.82) is 0 Å². The van der Waals surface area contributed by atoms with E-state index in [1.807, 2.05) is 0 Å². The Labute approximate surface area is 120 Å². The highest BCUT2D eigenvalue weighted by Crippen LogP contribution is 2.20. The molecule has 20 heavy (non-hydrogen) atoms. The van der Waals surface area contributed by atoms with Crippen molar-refractivity contribution in [3.05, 3.63) is 0 Å². The number of sulfonamides is 1. The molecule has 0 spiro atoms. The van der Waals surface area contributed by atoms with Crippen LogP contribution in [0.3, 0.4) is 0 Å². The monoisotopic (exact) mass is 305 g/mol. The number of ether oxygens (including phenoxy) is 1. The first-order valence-corrected chi connectivity index (χ1v) is 8.88. The molecule has 0 radical (unpaired) electrons. The molecule has 1 amide bonds. The third-order valence-corrected chi connectivity index (χ3v) is 5.05. The minimum absolute atomic E-state index is 0.179. The largest absolute Gasteiger partial charge is 0.379 e. The molecule has 1 atom stereocenters. The SMILES string of the molecule is CS(=O)(=O)N1CCCC1C(=O)NCCN1CCOCC1. The van der Waals surface area contributed by atoms with Gasteiger partial charge in [0.1, 0.15) is 6.04 Å². The lowest BCUT2D eigenvalue weighted by Gasteiger charge is -2.27. The quantitative estimate of drug-likeness (QED) is 0.694. The summed E-state index contributed by atoms with van der Waals surface area (Å²) in [6.07, 6.45) is 2.51. The Balaban J connectivity index is 1.76. The Bertz CT molecular complexity index is 434. The molecule has 8 heteroatoms. The number of carbonyl (C=O) groups is 1. The lowest BCUT2D eigenvalue weighted by atomic mass is 10.2. The van der Waals surface area contributed by atoms with Gasteiger partial charge in [-0.25, -0.2) is 8.42 Å². The van der Waals surface area contributed by atoms with Crippen molar-refractivity contribution in [2.45, 2.75) is 18.9 Å². The molecule has 2 aliphatic rings. The minimum atomic E-state index is -3.30. The van der Waals surface area contributed by atoms with Crippen molar-refractivity contribution in [2.75, 3.05) is 52.2 Å². The number of carbonyl (C=O) groups excluding carboxylic acids is 1. The molecule has 2 fully saturated rings. The van der Waals surface area contributed by atoms with E-state index in [0.29, 0.717) is 19.5 Å². The fraction of sp³-hybridized carbons (Fsp3) is 0.917. The van der Waals surface area contributed by atoms with Gasteiger partial charge in [-0.15, -0.1) is 0 Å². The summed E-state index contributed by atoms with van der Waals surface area (Å²) in [5.74, 6) is -0.179. The summed E-state index contributed by atoms with van der Waals surface area (Å²) in [5.41, 5.74) is 0. The van der Waals surface area contributed by atoms with Crippen LogP contribution in [0.5, 0.6) is 0 Å². The smallest absolute Gasteiger partial charge is 0.238 e. The van der Waals surface area contributed by atoms with Crippen LogP contribution >= 0.6 is 0 Å². The Morgan fingerprint density at radius 3 is 2.65 bits per heavy atom. The van der Waals surface area contributed by atoms with Crippen LogP contribution in [-0.4, -0.2) is 81.8 Å². The van der Waals surface area contributed by atoms with Gasteiger partial charge in [0.15, 0.2) is 0 Å². The summed E-state index contributed by atoms with van der Waals surface area (Å²) in [4.78, 5) is 14.3. The summed E-state index contributed by atoms with van der Waals surface area (Å²) in [5, 5.41) is 2.85. The van der Waals surface area contributed by atoms with Gasteiger partial charge in [-0.1, -0.05) is 0 Å². The fourth-order valence-electron chi connectivity index (χ4n) is 2.68. The number of rotatable bonds is 5. The van der Waals surface area contributed by atoms with Crippen LogP contribution in [-0.2, 0) is 19.6 Å². The number of morpholine rings is 1. The molecule has 0 aliphatic carbocycles. The van der Waals surface area contributed by atoms with E-state index in [2.05, 4.69) is 10.2 Å². The molecule has 0 bridgehead atoms. The van der Waals surface area contributed by atoms with Crippen LogP contribution in [0.25, 0.3) is 0 Å². The average Bonchev–Trinajstić information content (AvgIpc) is 2.89. The molecular weight excluding hydrogens is 282 g/mol. The number of hydrogen-bond acceptors (Lipinski definition) is 5. The van der Waals surface area contributed by atoms with E-state index in [-0.39, 0.29) is 5.91 Å². The van der Waals surface area contributed by atoms with Crippen LogP contribution in [0.1, 0.15) is 12.8 Å². The normalized spacial score (nSPS) is 25.8. The molecule has 1 unspecified atom stereocenters. The zero-order chi connectivity index (χ0) is 14.6. The van der Waals surface area contributed by atoms with Crippen LogP contribution < -0.4 is 5.32 Å². The van der Waals surface area contributed by atoms with Gasteiger partial charge in [0.2, 0.25) is 15.9 Å². The first kappa shape index (κ1) is 15.7. The molecule has 2 heterocycles. The second-order valence-corrected chi connectivity index (χ2v) is 7.21. The molecular formula is C12H23N3O4S. The van der Waals surface area contributed by atoms with Gasteiger partial charge in [-0.3, -0.25) is 9.69 Å². The second kappa shape index (κ2) is 6.84. The second-order valence-electron chi connectivity index (χ2n) is 5.28. The van der Waals surface area contributed by atoms with Crippen molar-refractivity contribution in [1.82, 2.24) is 14.5 Å². The Morgan fingerprint density at radius 2 is 2.00 bits per heavy atom. The number of hydrogen-bond donors (Lipinski definition) is 1. The molecule has 0 aromatic heterocycles. The third-order valence-electron chi connectivity index (χ3n) is 3.76. The van der Waals surface area contributed by atoms with E-state index < -0.39 is 16.1 Å². The molecule has 2 rings (SSSR count). The highest BCUT2D eigenvalue weighted by atomic mass is 32.2. The Morgan fingerprint density at radius 1 is 1.30 bits per heavy atom. The van der Waals surface area contributed by atoms with Crippen molar-refractivity contribution < 1.29 is 17.9 Å². The number of nitrogens with zero attached hydrogens (tertiary/aromatic N) is 2. The predicted molar refractivity (Wildman–Crippen MR) is 74.8 cm³/mol. The molecule has 0 saturated carbocycles. The predicted octanol–water partition coefficient (Wildman–Crippen LogP) is -1.14. The van der Waals surface area contributed by atoms with Crippen molar-refractivity contribution >= 4 is 15.9 Å². The molecule has 2 aliphatic heterocycles. The molecule has 0 aromatic rings. The lowest BCUT2D eigenvalue weighted by molar-refractivity contribution is -0.124. The first-order valence-electron chi connectivity index (χ1n) is 7.03. The number of nitrogens with one attached hydrogen (secondary N) is 1. The maximum Gasteiger partial charge on any atom is 0.238 e. The Hall–Kier alpha value is -0.700. The summed E-state index contributed by atoms with van der Waals surface area (Å²) in [6, 6.07) is -0.533. The van der Waals surface area contributed by atoms with E-state index in [1.165, 1.54) is 4.31 Å². The highest BCUT2D eigenvalue weighted by Gasteiger charge is 2.36. The maximum atomic E-state index is 12.1. The van der Waals surface area contributed by atoms with Gasteiger partial charge < -0.3 is 10.1 Å². The summed E-state index contributed by atoms with van der Waals surface area (Å²) < 4.78 is 29.7. The van der Waals surface area contributed by atoms with E-state index in [9.17, 15) is 13.2 Å². The van der Waals surface area contributed by atoms with Crippen LogP contribution in [0.2, 0.25) is 0 Å². The van der Waals surface area contributed by atoms with Crippen LogP contribution in [0.4, 0.5) is 0 Å². The third kappa shape index (κ3) is 4.15. The van der Waals surface area contributed by atoms with Crippen LogP contribution in [0.15, 0.2) is 0 Å². The lowest BCUT2D eigenvalue weighted by Crippen LogP contribution is -2.48. The topological polar surface area (TPSA) is 79.0 Å².